The summed E-state index contributed by atoms with van der Waals surface area (Å²) in [5.41, 5.74) is 3.39. The fourth-order valence-corrected chi connectivity index (χ4v) is 4.86. The molecule has 1 aromatic carbocycles. The number of esters is 1. The third-order valence-corrected chi connectivity index (χ3v) is 6.85. The van der Waals surface area contributed by atoms with Gasteiger partial charge < -0.3 is 24.6 Å². The molecule has 1 aromatic heterocycles. The van der Waals surface area contributed by atoms with Gasteiger partial charge in [-0.25, -0.2) is 4.79 Å². The molecule has 1 fully saturated rings. The Morgan fingerprint density at radius 2 is 1.72 bits per heavy atom. The average Bonchev–Trinajstić information content (AvgIpc) is 3.29. The van der Waals surface area contributed by atoms with E-state index in [1.54, 1.807) is 25.7 Å². The number of amides is 1. The summed E-state index contributed by atoms with van der Waals surface area (Å²) in [7, 11) is 0. The van der Waals surface area contributed by atoms with Crippen molar-refractivity contribution in [3.63, 3.8) is 0 Å². The zero-order valence-corrected chi connectivity index (χ0v) is 22.1. The zero-order valence-electron chi connectivity index (χ0n) is 22.1. The van der Waals surface area contributed by atoms with Crippen molar-refractivity contribution in [1.29, 1.82) is 0 Å². The number of benzene rings is 1. The van der Waals surface area contributed by atoms with Crippen LogP contribution in [0.25, 0.3) is 5.76 Å². The van der Waals surface area contributed by atoms with Gasteiger partial charge in [0.2, 0.25) is 0 Å². The van der Waals surface area contributed by atoms with E-state index in [0.29, 0.717) is 29.8 Å². The van der Waals surface area contributed by atoms with E-state index in [4.69, 9.17) is 4.74 Å². The van der Waals surface area contributed by atoms with E-state index in [0.717, 1.165) is 30.8 Å². The van der Waals surface area contributed by atoms with Crippen LogP contribution in [0.15, 0.2) is 29.8 Å². The molecule has 1 aliphatic heterocycles. The van der Waals surface area contributed by atoms with E-state index in [2.05, 4.69) is 23.7 Å². The van der Waals surface area contributed by atoms with Crippen LogP contribution in [0.4, 0.5) is 0 Å². The first kappa shape index (κ1) is 27.2. The monoisotopic (exact) mass is 495 g/mol. The molecule has 1 amide bonds. The van der Waals surface area contributed by atoms with E-state index in [-0.39, 0.29) is 23.6 Å². The van der Waals surface area contributed by atoms with Crippen LogP contribution in [0, 0.1) is 20.8 Å². The van der Waals surface area contributed by atoms with E-state index >= 15 is 0 Å². The number of ketones is 1. The maximum Gasteiger partial charge on any atom is 0.355 e. The lowest BCUT2D eigenvalue weighted by molar-refractivity contribution is -0.140. The van der Waals surface area contributed by atoms with Crippen molar-refractivity contribution in [2.24, 2.45) is 0 Å². The molecule has 8 heteroatoms. The fourth-order valence-electron chi connectivity index (χ4n) is 4.86. The van der Waals surface area contributed by atoms with Gasteiger partial charge in [0.15, 0.2) is 0 Å². The number of Topliss-reactive ketones (excluding diaryl/α,β-unsaturated/α-hetero) is 1. The van der Waals surface area contributed by atoms with Gasteiger partial charge in [-0.05, 0) is 64.9 Å². The van der Waals surface area contributed by atoms with Gasteiger partial charge in [0.05, 0.1) is 18.2 Å². The van der Waals surface area contributed by atoms with Gasteiger partial charge >= 0.3 is 5.97 Å². The van der Waals surface area contributed by atoms with Gasteiger partial charge in [-0.3, -0.25) is 9.59 Å². The molecule has 0 spiro atoms. The summed E-state index contributed by atoms with van der Waals surface area (Å²) < 4.78 is 5.12. The van der Waals surface area contributed by atoms with Crippen LogP contribution in [0.5, 0.6) is 0 Å². The highest BCUT2D eigenvalue weighted by Crippen LogP contribution is 2.41. The van der Waals surface area contributed by atoms with Crippen molar-refractivity contribution < 1.29 is 24.2 Å². The molecule has 36 heavy (non-hydrogen) atoms. The van der Waals surface area contributed by atoms with Crippen molar-refractivity contribution in [3.8, 4) is 0 Å². The first-order valence-corrected chi connectivity index (χ1v) is 12.6. The molecule has 1 atom stereocenters. The number of ether oxygens (including phenoxy) is 1. The molecule has 2 N–H and O–H groups in total. The molecular formula is C28H37N3O5. The maximum absolute atomic E-state index is 13.3. The summed E-state index contributed by atoms with van der Waals surface area (Å²) in [5, 5.41) is 11.5. The second-order valence-corrected chi connectivity index (χ2v) is 9.13. The third kappa shape index (κ3) is 5.23. The lowest BCUT2D eigenvalue weighted by Crippen LogP contribution is -2.33. The highest BCUT2D eigenvalue weighted by Gasteiger charge is 2.46. The number of hydrogen-bond donors (Lipinski definition) is 2. The number of likely N-dealkylation sites (tertiary alicyclic amines) is 1. The number of nitrogens with one attached hydrogen (secondary N) is 1. The van der Waals surface area contributed by atoms with Gasteiger partial charge in [0.1, 0.15) is 11.5 Å². The largest absolute Gasteiger partial charge is 0.507 e. The molecule has 0 saturated carbocycles. The second-order valence-electron chi connectivity index (χ2n) is 9.13. The van der Waals surface area contributed by atoms with Crippen LogP contribution in [0.1, 0.15) is 71.7 Å². The molecule has 0 bridgehead atoms. The van der Waals surface area contributed by atoms with E-state index < -0.39 is 23.7 Å². The van der Waals surface area contributed by atoms with Crippen LogP contribution >= 0.6 is 0 Å². The normalized spacial score (nSPS) is 17.3. The van der Waals surface area contributed by atoms with Crippen LogP contribution < -0.4 is 0 Å². The van der Waals surface area contributed by atoms with Gasteiger partial charge in [-0.15, -0.1) is 0 Å². The topological polar surface area (TPSA) is 103 Å². The van der Waals surface area contributed by atoms with Crippen molar-refractivity contribution >= 4 is 23.4 Å². The number of aryl methyl sites for hydroxylation is 2. The number of hydrogen-bond acceptors (Lipinski definition) is 6. The molecule has 0 radical (unpaired) electrons. The number of aliphatic hydroxyl groups is 1. The minimum absolute atomic E-state index is 0.0345. The number of aliphatic hydroxyl groups excluding tert-OH is 1. The predicted molar refractivity (Wildman–Crippen MR) is 139 cm³/mol. The van der Waals surface area contributed by atoms with Gasteiger partial charge in [0.25, 0.3) is 11.7 Å². The van der Waals surface area contributed by atoms with Gasteiger partial charge in [-0.2, -0.15) is 0 Å². The Balaban J connectivity index is 2.10. The van der Waals surface area contributed by atoms with Gasteiger partial charge in [0, 0.05) is 17.8 Å². The number of nitrogens with zero attached hydrogens (tertiary/aromatic N) is 2. The fraction of sp³-hybridized carbons (Fsp3) is 0.464. The Bertz CT molecular complexity index is 1160. The first-order chi connectivity index (χ1) is 17.2. The lowest BCUT2D eigenvalue weighted by atomic mass is 9.93. The molecule has 0 aliphatic carbocycles. The quantitative estimate of drug-likeness (QED) is 0.221. The number of carbonyl (C=O) groups excluding carboxylic acids is 3. The summed E-state index contributed by atoms with van der Waals surface area (Å²) in [4.78, 5) is 45.8. The molecule has 194 valence electrons. The zero-order chi connectivity index (χ0) is 26.6. The smallest absolute Gasteiger partial charge is 0.355 e. The molecule has 1 unspecified atom stereocenters. The molecule has 2 aromatic rings. The summed E-state index contributed by atoms with van der Waals surface area (Å²) >= 11 is 0. The van der Waals surface area contributed by atoms with E-state index in [1.807, 2.05) is 31.2 Å². The summed E-state index contributed by atoms with van der Waals surface area (Å²) in [6.45, 7) is 14.5. The number of aromatic amines is 1. The highest BCUT2D eigenvalue weighted by atomic mass is 16.5. The molecular weight excluding hydrogens is 458 g/mol. The SMILES string of the molecule is CCOC(=O)c1[nH]c(C)c(C(O)=C2C(=O)C(=O)N(CCCN(CC)CC)C2c2ccc(C)cc2)c1C. The Kier molecular flexibility index (Phi) is 8.74. The van der Waals surface area contributed by atoms with Crippen LogP contribution in [0.3, 0.4) is 0 Å². The Morgan fingerprint density at radius 3 is 2.31 bits per heavy atom. The Hall–Kier alpha value is -3.39. The van der Waals surface area contributed by atoms with Crippen molar-refractivity contribution in [2.45, 2.75) is 54.0 Å². The minimum atomic E-state index is -0.724. The maximum atomic E-state index is 13.3. The van der Waals surface area contributed by atoms with Crippen LogP contribution in [0.2, 0.25) is 0 Å². The van der Waals surface area contributed by atoms with Crippen molar-refractivity contribution in [1.82, 2.24) is 14.8 Å². The number of H-pyrrole nitrogens is 1. The third-order valence-electron chi connectivity index (χ3n) is 6.85. The van der Waals surface area contributed by atoms with Crippen molar-refractivity contribution in [3.05, 3.63) is 63.5 Å². The standard InChI is InChI=1S/C28H37N3O5/c1-7-30(8-2)15-10-16-31-24(20-13-11-17(4)12-14-20)22(26(33)27(31)34)25(32)21-18(5)23(29-19(21)6)28(35)36-9-3/h11-14,24,29,32H,7-10,15-16H2,1-6H3. The number of rotatable bonds is 10. The number of aromatic nitrogens is 1. The minimum Gasteiger partial charge on any atom is -0.507 e. The average molecular weight is 496 g/mol. The predicted octanol–water partition coefficient (Wildman–Crippen LogP) is 4.27. The summed E-state index contributed by atoms with van der Waals surface area (Å²) in [6, 6.07) is 6.91. The van der Waals surface area contributed by atoms with Gasteiger partial charge in [-0.1, -0.05) is 43.7 Å². The molecule has 2 heterocycles. The van der Waals surface area contributed by atoms with Crippen molar-refractivity contribution in [2.75, 3.05) is 32.8 Å². The van der Waals surface area contributed by atoms with E-state index in [1.165, 1.54) is 0 Å². The lowest BCUT2D eigenvalue weighted by Gasteiger charge is -2.27. The summed E-state index contributed by atoms with van der Waals surface area (Å²) in [5.74, 6) is -2.17. The summed E-state index contributed by atoms with van der Waals surface area (Å²) in [6.07, 6.45) is 0.701. The molecule has 8 nitrogen and oxygen atoms in total. The number of carbonyl (C=O) groups is 3. The highest BCUT2D eigenvalue weighted by molar-refractivity contribution is 6.46. The van der Waals surface area contributed by atoms with E-state index in [9.17, 15) is 19.5 Å². The Labute approximate surface area is 212 Å². The van der Waals surface area contributed by atoms with Crippen LogP contribution in [-0.4, -0.2) is 70.3 Å². The molecule has 1 aliphatic rings. The molecule has 3 rings (SSSR count). The first-order valence-electron chi connectivity index (χ1n) is 12.6. The van der Waals surface area contributed by atoms with Crippen LogP contribution in [-0.2, 0) is 14.3 Å². The molecule has 1 saturated heterocycles. The Morgan fingerprint density at radius 1 is 1.08 bits per heavy atom. The second kappa shape index (κ2) is 11.6.